The summed E-state index contributed by atoms with van der Waals surface area (Å²) in [5.74, 6) is -0.304. The van der Waals surface area contributed by atoms with Gasteiger partial charge in [-0.1, -0.05) is 85.1 Å². The van der Waals surface area contributed by atoms with E-state index >= 15 is 0 Å². The van der Waals surface area contributed by atoms with E-state index in [9.17, 15) is 18.0 Å². The molecule has 230 valence electrons. The first-order chi connectivity index (χ1) is 20.5. The Morgan fingerprint density at radius 2 is 1.53 bits per heavy atom. The molecule has 4 rings (SSSR count). The van der Waals surface area contributed by atoms with E-state index in [-0.39, 0.29) is 30.8 Å². The molecule has 2 amide bonds. The SMILES string of the molecule is Cc1ccc(CN(C(=O)CCCN(c2cc(C)ccc2C)S(C)(=O)=O)C(Cc2ccccc2)C(=O)NC2CCCC2)cc1. The molecule has 8 heteroatoms. The van der Waals surface area contributed by atoms with Gasteiger partial charge in [-0.15, -0.1) is 0 Å². The maximum Gasteiger partial charge on any atom is 0.243 e. The molecule has 0 aromatic heterocycles. The molecule has 0 radical (unpaired) electrons. The number of amides is 2. The zero-order chi connectivity index (χ0) is 31.0. The number of rotatable bonds is 13. The Balaban J connectivity index is 1.59. The van der Waals surface area contributed by atoms with Crippen LogP contribution < -0.4 is 9.62 Å². The van der Waals surface area contributed by atoms with Crippen molar-refractivity contribution in [1.82, 2.24) is 10.2 Å². The molecule has 0 aliphatic heterocycles. The van der Waals surface area contributed by atoms with E-state index in [0.717, 1.165) is 53.5 Å². The predicted octanol–water partition coefficient (Wildman–Crippen LogP) is 5.86. The highest BCUT2D eigenvalue weighted by atomic mass is 32.2. The molecular weight excluding hydrogens is 558 g/mol. The van der Waals surface area contributed by atoms with Gasteiger partial charge >= 0.3 is 0 Å². The standard InChI is InChI=1S/C35H45N3O4S/c1-26-17-20-30(21-18-26)25-37(33(24-29-11-6-5-7-12-29)35(40)36-31-13-8-9-14-31)34(39)15-10-22-38(43(4,41)42)32-23-27(2)16-19-28(32)3/h5-7,11-12,16-21,23,31,33H,8-10,13-15,22,24-25H2,1-4H3,(H,36,40). The third-order valence-corrected chi connectivity index (χ3v) is 9.41. The Hall–Kier alpha value is -3.65. The molecule has 1 atom stereocenters. The van der Waals surface area contributed by atoms with Crippen molar-refractivity contribution < 1.29 is 18.0 Å². The molecule has 43 heavy (non-hydrogen) atoms. The molecule has 1 aliphatic rings. The number of carbonyl (C=O) groups is 2. The fourth-order valence-corrected chi connectivity index (χ4v) is 6.80. The van der Waals surface area contributed by atoms with Crippen LogP contribution in [0.4, 0.5) is 5.69 Å². The largest absolute Gasteiger partial charge is 0.352 e. The van der Waals surface area contributed by atoms with E-state index in [1.807, 2.05) is 93.6 Å². The van der Waals surface area contributed by atoms with Crippen LogP contribution in [-0.4, -0.2) is 50.0 Å². The lowest BCUT2D eigenvalue weighted by Gasteiger charge is -2.33. The molecule has 1 aliphatic carbocycles. The minimum absolute atomic E-state index is 0.116. The maximum atomic E-state index is 14.1. The molecule has 0 heterocycles. The number of nitrogens with one attached hydrogen (secondary N) is 1. The fraction of sp³-hybridized carbons (Fsp3) is 0.429. The van der Waals surface area contributed by atoms with E-state index in [4.69, 9.17) is 0 Å². The Kier molecular flexibility index (Phi) is 11.0. The van der Waals surface area contributed by atoms with Gasteiger partial charge in [0.25, 0.3) is 0 Å². The second-order valence-electron chi connectivity index (χ2n) is 11.9. The summed E-state index contributed by atoms with van der Waals surface area (Å²) >= 11 is 0. The highest BCUT2D eigenvalue weighted by molar-refractivity contribution is 7.92. The van der Waals surface area contributed by atoms with Crippen molar-refractivity contribution in [3.8, 4) is 0 Å². The number of anilines is 1. The number of hydrogen-bond donors (Lipinski definition) is 1. The Bertz CT molecular complexity index is 1480. The Labute approximate surface area is 257 Å². The fourth-order valence-electron chi connectivity index (χ4n) is 5.78. The van der Waals surface area contributed by atoms with Gasteiger partial charge in [0.15, 0.2) is 0 Å². The molecule has 0 bridgehead atoms. The van der Waals surface area contributed by atoms with Gasteiger partial charge in [-0.05, 0) is 68.4 Å². The summed E-state index contributed by atoms with van der Waals surface area (Å²) in [5, 5.41) is 3.24. The van der Waals surface area contributed by atoms with Crippen LogP contribution in [-0.2, 0) is 32.6 Å². The Morgan fingerprint density at radius 3 is 2.19 bits per heavy atom. The van der Waals surface area contributed by atoms with Crippen molar-refractivity contribution >= 4 is 27.5 Å². The summed E-state index contributed by atoms with van der Waals surface area (Å²) in [6, 6.07) is 23.0. The average molecular weight is 604 g/mol. The number of hydrogen-bond acceptors (Lipinski definition) is 4. The molecule has 0 spiro atoms. The van der Waals surface area contributed by atoms with Gasteiger partial charge in [0, 0.05) is 32.0 Å². The van der Waals surface area contributed by atoms with Crippen LogP contribution in [0.1, 0.15) is 66.3 Å². The van der Waals surface area contributed by atoms with E-state index in [1.54, 1.807) is 4.90 Å². The summed E-state index contributed by atoms with van der Waals surface area (Å²) in [6.45, 7) is 6.30. The van der Waals surface area contributed by atoms with Crippen molar-refractivity contribution in [2.75, 3.05) is 17.1 Å². The third kappa shape index (κ3) is 9.17. The molecule has 7 nitrogen and oxygen atoms in total. The van der Waals surface area contributed by atoms with Crippen molar-refractivity contribution in [2.24, 2.45) is 0 Å². The van der Waals surface area contributed by atoms with E-state index in [1.165, 1.54) is 10.6 Å². The van der Waals surface area contributed by atoms with Gasteiger partial charge in [0.2, 0.25) is 21.8 Å². The van der Waals surface area contributed by atoms with Gasteiger partial charge < -0.3 is 10.2 Å². The zero-order valence-corrected chi connectivity index (χ0v) is 26.7. The quantitative estimate of drug-likeness (QED) is 0.265. The monoisotopic (exact) mass is 603 g/mol. The van der Waals surface area contributed by atoms with Crippen molar-refractivity contribution in [3.63, 3.8) is 0 Å². The first-order valence-corrected chi connectivity index (χ1v) is 17.1. The summed E-state index contributed by atoms with van der Waals surface area (Å²) in [7, 11) is -3.57. The third-order valence-electron chi connectivity index (χ3n) is 8.23. The topological polar surface area (TPSA) is 86.8 Å². The average Bonchev–Trinajstić information content (AvgIpc) is 3.48. The van der Waals surface area contributed by atoms with Gasteiger partial charge in [-0.3, -0.25) is 13.9 Å². The number of carbonyl (C=O) groups excluding carboxylic acids is 2. The first kappa shape index (κ1) is 32.3. The van der Waals surface area contributed by atoms with Crippen LogP contribution in [0.2, 0.25) is 0 Å². The minimum atomic E-state index is -3.57. The second-order valence-corrected chi connectivity index (χ2v) is 13.8. The summed E-state index contributed by atoms with van der Waals surface area (Å²) in [5.41, 5.74) is 5.49. The lowest BCUT2D eigenvalue weighted by molar-refractivity contribution is -0.141. The lowest BCUT2D eigenvalue weighted by atomic mass is 10.0. The summed E-state index contributed by atoms with van der Waals surface area (Å²) in [4.78, 5) is 29.6. The van der Waals surface area contributed by atoms with Crippen LogP contribution in [0.15, 0.2) is 72.8 Å². The van der Waals surface area contributed by atoms with Crippen molar-refractivity contribution in [2.45, 2.75) is 84.3 Å². The van der Waals surface area contributed by atoms with Crippen LogP contribution in [0.25, 0.3) is 0 Å². The zero-order valence-electron chi connectivity index (χ0n) is 25.9. The number of sulfonamides is 1. The molecule has 1 saturated carbocycles. The predicted molar refractivity (Wildman–Crippen MR) is 173 cm³/mol. The van der Waals surface area contributed by atoms with Gasteiger partial charge in [-0.25, -0.2) is 8.42 Å². The van der Waals surface area contributed by atoms with Crippen LogP contribution in [0.5, 0.6) is 0 Å². The highest BCUT2D eigenvalue weighted by Crippen LogP contribution is 2.25. The van der Waals surface area contributed by atoms with Crippen LogP contribution in [0, 0.1) is 20.8 Å². The second kappa shape index (κ2) is 14.7. The van der Waals surface area contributed by atoms with Crippen molar-refractivity contribution in [1.29, 1.82) is 0 Å². The summed E-state index contributed by atoms with van der Waals surface area (Å²) < 4.78 is 27.0. The van der Waals surface area contributed by atoms with E-state index in [2.05, 4.69) is 5.32 Å². The highest BCUT2D eigenvalue weighted by Gasteiger charge is 2.32. The number of benzene rings is 3. The molecule has 1 N–H and O–H groups in total. The molecule has 3 aromatic rings. The molecular formula is C35H45N3O4S. The molecule has 3 aromatic carbocycles. The van der Waals surface area contributed by atoms with E-state index < -0.39 is 16.1 Å². The Morgan fingerprint density at radius 1 is 0.884 bits per heavy atom. The lowest BCUT2D eigenvalue weighted by Crippen LogP contribution is -2.52. The molecule has 1 fully saturated rings. The van der Waals surface area contributed by atoms with Crippen molar-refractivity contribution in [3.05, 3.63) is 101 Å². The summed E-state index contributed by atoms with van der Waals surface area (Å²) in [6.07, 6.45) is 6.13. The maximum absolute atomic E-state index is 14.1. The van der Waals surface area contributed by atoms with Crippen LogP contribution >= 0.6 is 0 Å². The van der Waals surface area contributed by atoms with Gasteiger partial charge in [0.05, 0.1) is 11.9 Å². The minimum Gasteiger partial charge on any atom is -0.352 e. The molecule has 1 unspecified atom stereocenters. The van der Waals surface area contributed by atoms with Crippen LogP contribution in [0.3, 0.4) is 0 Å². The van der Waals surface area contributed by atoms with Gasteiger partial charge in [0.1, 0.15) is 6.04 Å². The van der Waals surface area contributed by atoms with Gasteiger partial charge in [-0.2, -0.15) is 0 Å². The number of aryl methyl sites for hydroxylation is 3. The first-order valence-electron chi connectivity index (χ1n) is 15.3. The normalized spacial score (nSPS) is 14.3. The smallest absolute Gasteiger partial charge is 0.243 e. The molecule has 0 saturated heterocycles. The number of nitrogens with zero attached hydrogens (tertiary/aromatic N) is 2. The van der Waals surface area contributed by atoms with E-state index in [0.29, 0.717) is 25.1 Å².